The van der Waals surface area contributed by atoms with Crippen molar-refractivity contribution in [3.8, 4) is 11.5 Å². The SMILES string of the molecule is Cc1cccc(NC(=O)c2cc(-c3ccco3)[nH]n2)n1. The molecule has 100 valence electrons. The molecule has 0 saturated carbocycles. The summed E-state index contributed by atoms with van der Waals surface area (Å²) >= 11 is 0. The summed E-state index contributed by atoms with van der Waals surface area (Å²) in [5.41, 5.74) is 1.76. The normalized spacial score (nSPS) is 10.4. The van der Waals surface area contributed by atoms with E-state index in [1.807, 2.05) is 19.1 Å². The minimum Gasteiger partial charge on any atom is -0.463 e. The van der Waals surface area contributed by atoms with E-state index in [4.69, 9.17) is 4.42 Å². The van der Waals surface area contributed by atoms with Gasteiger partial charge in [0.05, 0.1) is 6.26 Å². The summed E-state index contributed by atoms with van der Waals surface area (Å²) < 4.78 is 5.23. The van der Waals surface area contributed by atoms with E-state index in [0.717, 1.165) is 5.69 Å². The highest BCUT2D eigenvalue weighted by Crippen LogP contribution is 2.18. The fourth-order valence-electron chi connectivity index (χ4n) is 1.79. The number of aromatic nitrogens is 3. The highest BCUT2D eigenvalue weighted by atomic mass is 16.3. The van der Waals surface area contributed by atoms with Crippen LogP contribution in [0.1, 0.15) is 16.2 Å². The maximum atomic E-state index is 12.0. The van der Waals surface area contributed by atoms with Crippen molar-refractivity contribution < 1.29 is 9.21 Å². The number of H-pyrrole nitrogens is 1. The van der Waals surface area contributed by atoms with Crippen LogP contribution >= 0.6 is 0 Å². The Morgan fingerprint density at radius 2 is 2.20 bits per heavy atom. The predicted molar refractivity (Wildman–Crippen MR) is 73.2 cm³/mol. The zero-order valence-corrected chi connectivity index (χ0v) is 10.8. The lowest BCUT2D eigenvalue weighted by Crippen LogP contribution is -2.13. The number of carbonyl (C=O) groups excluding carboxylic acids is 1. The quantitative estimate of drug-likeness (QED) is 0.764. The summed E-state index contributed by atoms with van der Waals surface area (Å²) in [7, 11) is 0. The van der Waals surface area contributed by atoms with Gasteiger partial charge < -0.3 is 9.73 Å². The van der Waals surface area contributed by atoms with E-state index in [9.17, 15) is 4.79 Å². The topological polar surface area (TPSA) is 83.8 Å². The predicted octanol–water partition coefficient (Wildman–Crippen LogP) is 2.63. The monoisotopic (exact) mass is 268 g/mol. The van der Waals surface area contributed by atoms with E-state index in [2.05, 4.69) is 20.5 Å². The third kappa shape index (κ3) is 2.44. The number of pyridine rings is 1. The maximum absolute atomic E-state index is 12.0. The minimum atomic E-state index is -0.322. The number of aromatic amines is 1. The van der Waals surface area contributed by atoms with Crippen LogP contribution in [0.15, 0.2) is 47.1 Å². The number of nitrogens with zero attached hydrogens (tertiary/aromatic N) is 2. The number of hydrogen-bond donors (Lipinski definition) is 2. The van der Waals surface area contributed by atoms with Crippen molar-refractivity contribution in [1.82, 2.24) is 15.2 Å². The van der Waals surface area contributed by atoms with Crippen LogP contribution in [0.3, 0.4) is 0 Å². The Morgan fingerprint density at radius 3 is 2.95 bits per heavy atom. The standard InChI is InChI=1S/C14H12N4O2/c1-9-4-2-6-13(15-9)16-14(19)11-8-10(17-18-11)12-5-3-7-20-12/h2-8H,1H3,(H,17,18)(H,15,16,19). The fraction of sp³-hybridized carbons (Fsp3) is 0.0714. The molecule has 0 aliphatic rings. The first-order valence-corrected chi connectivity index (χ1v) is 6.07. The molecule has 2 N–H and O–H groups in total. The lowest BCUT2D eigenvalue weighted by molar-refractivity contribution is 0.102. The Balaban J connectivity index is 1.78. The Hall–Kier alpha value is -2.89. The average Bonchev–Trinajstić information content (AvgIpc) is 3.10. The van der Waals surface area contributed by atoms with E-state index in [-0.39, 0.29) is 11.6 Å². The van der Waals surface area contributed by atoms with E-state index < -0.39 is 0 Å². The molecule has 0 fully saturated rings. The molecule has 0 spiro atoms. The van der Waals surface area contributed by atoms with Crippen LogP contribution in [0.25, 0.3) is 11.5 Å². The molecule has 0 unspecified atom stereocenters. The number of amides is 1. The van der Waals surface area contributed by atoms with Gasteiger partial charge in [0.15, 0.2) is 11.5 Å². The van der Waals surface area contributed by atoms with Crippen molar-refractivity contribution in [2.75, 3.05) is 5.32 Å². The highest BCUT2D eigenvalue weighted by Gasteiger charge is 2.13. The van der Waals surface area contributed by atoms with E-state index in [1.165, 1.54) is 0 Å². The maximum Gasteiger partial charge on any atom is 0.277 e. The van der Waals surface area contributed by atoms with E-state index >= 15 is 0 Å². The second-order valence-electron chi connectivity index (χ2n) is 4.26. The molecule has 3 heterocycles. The second-order valence-corrected chi connectivity index (χ2v) is 4.26. The van der Waals surface area contributed by atoms with Gasteiger partial charge >= 0.3 is 0 Å². The van der Waals surface area contributed by atoms with Gasteiger partial charge in [-0.25, -0.2) is 4.98 Å². The Bertz CT molecular complexity index is 731. The third-order valence-electron chi connectivity index (χ3n) is 2.73. The van der Waals surface area contributed by atoms with Gasteiger partial charge in [-0.2, -0.15) is 5.10 Å². The smallest absolute Gasteiger partial charge is 0.277 e. The summed E-state index contributed by atoms with van der Waals surface area (Å²) in [4.78, 5) is 16.3. The van der Waals surface area contributed by atoms with Crippen molar-refractivity contribution in [3.05, 3.63) is 54.0 Å². The van der Waals surface area contributed by atoms with Crippen LogP contribution in [-0.4, -0.2) is 21.1 Å². The number of aryl methyl sites for hydroxylation is 1. The molecule has 3 aromatic rings. The van der Waals surface area contributed by atoms with Crippen LogP contribution in [0.2, 0.25) is 0 Å². The zero-order valence-electron chi connectivity index (χ0n) is 10.8. The van der Waals surface area contributed by atoms with Crippen molar-refractivity contribution in [2.45, 2.75) is 6.92 Å². The molecule has 0 atom stereocenters. The highest BCUT2D eigenvalue weighted by molar-refractivity contribution is 6.02. The third-order valence-corrected chi connectivity index (χ3v) is 2.73. The molecule has 6 nitrogen and oxygen atoms in total. The van der Waals surface area contributed by atoms with Gasteiger partial charge in [-0.05, 0) is 31.2 Å². The number of anilines is 1. The molecule has 6 heteroatoms. The first-order valence-electron chi connectivity index (χ1n) is 6.07. The van der Waals surface area contributed by atoms with E-state index in [0.29, 0.717) is 17.3 Å². The number of nitrogens with one attached hydrogen (secondary N) is 2. The van der Waals surface area contributed by atoms with E-state index in [1.54, 1.807) is 30.5 Å². The molecular formula is C14H12N4O2. The Labute approximate surface area is 114 Å². The van der Waals surface area contributed by atoms with Crippen LogP contribution in [0.5, 0.6) is 0 Å². The van der Waals surface area contributed by atoms with Crippen molar-refractivity contribution >= 4 is 11.7 Å². The number of hydrogen-bond acceptors (Lipinski definition) is 4. The van der Waals surface area contributed by atoms with Gasteiger partial charge in [0.25, 0.3) is 5.91 Å². The van der Waals surface area contributed by atoms with Gasteiger partial charge in [-0.1, -0.05) is 6.07 Å². The van der Waals surface area contributed by atoms with Gasteiger partial charge in [-0.15, -0.1) is 0 Å². The summed E-state index contributed by atoms with van der Waals surface area (Å²) in [5, 5.41) is 9.42. The van der Waals surface area contributed by atoms with Crippen molar-refractivity contribution in [1.29, 1.82) is 0 Å². The Kier molecular flexibility index (Phi) is 3.04. The molecule has 0 saturated heterocycles. The molecule has 3 aromatic heterocycles. The summed E-state index contributed by atoms with van der Waals surface area (Å²) in [6.07, 6.45) is 1.56. The van der Waals surface area contributed by atoms with Gasteiger partial charge in [0.2, 0.25) is 0 Å². The molecule has 0 aliphatic carbocycles. The average molecular weight is 268 g/mol. The first kappa shape index (κ1) is 12.2. The minimum absolute atomic E-state index is 0.278. The van der Waals surface area contributed by atoms with Crippen molar-refractivity contribution in [2.24, 2.45) is 0 Å². The lowest BCUT2D eigenvalue weighted by atomic mass is 10.3. The molecule has 1 amide bonds. The molecule has 3 rings (SSSR count). The summed E-state index contributed by atoms with van der Waals surface area (Å²) in [6.45, 7) is 1.86. The van der Waals surface area contributed by atoms with Crippen LogP contribution < -0.4 is 5.32 Å². The number of furan rings is 1. The zero-order chi connectivity index (χ0) is 13.9. The molecule has 0 aromatic carbocycles. The number of rotatable bonds is 3. The molecular weight excluding hydrogens is 256 g/mol. The summed E-state index contributed by atoms with van der Waals surface area (Å²) in [6, 6.07) is 10.6. The molecule has 0 aliphatic heterocycles. The Morgan fingerprint density at radius 1 is 1.30 bits per heavy atom. The molecule has 0 radical (unpaired) electrons. The van der Waals surface area contributed by atoms with Crippen molar-refractivity contribution in [3.63, 3.8) is 0 Å². The number of carbonyl (C=O) groups is 1. The van der Waals surface area contributed by atoms with Gasteiger partial charge in [0, 0.05) is 11.8 Å². The van der Waals surface area contributed by atoms with Crippen LogP contribution in [0, 0.1) is 6.92 Å². The summed E-state index contributed by atoms with van der Waals surface area (Å²) in [5.74, 6) is 0.805. The van der Waals surface area contributed by atoms with Gasteiger partial charge in [0.1, 0.15) is 11.5 Å². The molecule has 20 heavy (non-hydrogen) atoms. The van der Waals surface area contributed by atoms with Crippen LogP contribution in [0.4, 0.5) is 5.82 Å². The lowest BCUT2D eigenvalue weighted by Gasteiger charge is -2.02. The second kappa shape index (κ2) is 5.00. The molecule has 0 bridgehead atoms. The fourth-order valence-corrected chi connectivity index (χ4v) is 1.79. The first-order chi connectivity index (χ1) is 9.72. The van der Waals surface area contributed by atoms with Gasteiger partial charge in [-0.3, -0.25) is 9.89 Å². The van der Waals surface area contributed by atoms with Crippen LogP contribution in [-0.2, 0) is 0 Å². The largest absolute Gasteiger partial charge is 0.463 e.